The minimum Gasteiger partial charge on any atom is -0.311 e. The summed E-state index contributed by atoms with van der Waals surface area (Å²) < 4.78 is 0. The molecule has 6 aromatic rings. The van der Waals surface area contributed by atoms with Gasteiger partial charge in [-0.15, -0.1) is 0 Å². The Balaban J connectivity index is 0.981. The van der Waals surface area contributed by atoms with Crippen LogP contribution in [0.1, 0.15) is 87.8 Å². The average Bonchev–Trinajstić information content (AvgIpc) is 3.22. The standard InChI is InChI=1S/C53H54N2/c1-39-12-11-31-53(35-39,44-21-27-50(28-22-44)54(46-13-5-2-6-14-46)47-15-7-3-8-16-47)45-23-29-51(30-24-45)55(48-17-9-4-10-18-48)49-25-19-43(20-26-49)52-36-40-32-41(37-52)34-42(33-40)38-52/h2-10,13-30,39-42H,11-12,31-38H2,1H3. The smallest absolute Gasteiger partial charge is 0.0461 e. The second-order valence-electron chi connectivity index (χ2n) is 17.8. The fourth-order valence-corrected chi connectivity index (χ4v) is 12.2. The minimum absolute atomic E-state index is 0.0177. The topological polar surface area (TPSA) is 6.48 Å². The molecule has 11 rings (SSSR count). The van der Waals surface area contributed by atoms with Crippen LogP contribution in [-0.4, -0.2) is 0 Å². The van der Waals surface area contributed by atoms with Gasteiger partial charge in [0.15, 0.2) is 0 Å². The Labute approximate surface area is 328 Å². The number of benzene rings is 6. The fraction of sp³-hybridized carbons (Fsp3) is 0.321. The Morgan fingerprint density at radius 2 is 0.745 bits per heavy atom. The van der Waals surface area contributed by atoms with E-state index < -0.39 is 0 Å². The van der Waals surface area contributed by atoms with E-state index in [-0.39, 0.29) is 5.41 Å². The van der Waals surface area contributed by atoms with E-state index in [0.717, 1.165) is 17.8 Å². The van der Waals surface area contributed by atoms with Gasteiger partial charge in [-0.05, 0) is 170 Å². The molecule has 2 heteroatoms. The number of hydrogen-bond donors (Lipinski definition) is 0. The van der Waals surface area contributed by atoms with E-state index in [9.17, 15) is 0 Å². The second-order valence-corrected chi connectivity index (χ2v) is 17.8. The van der Waals surface area contributed by atoms with Gasteiger partial charge in [-0.1, -0.05) is 111 Å². The molecule has 0 aromatic heterocycles. The summed E-state index contributed by atoms with van der Waals surface area (Å²) in [5.74, 6) is 3.54. The fourth-order valence-electron chi connectivity index (χ4n) is 12.2. The molecule has 0 heterocycles. The van der Waals surface area contributed by atoms with Crippen molar-refractivity contribution in [2.75, 3.05) is 9.80 Å². The maximum absolute atomic E-state index is 2.49. The van der Waals surface area contributed by atoms with Crippen LogP contribution < -0.4 is 9.80 Å². The summed E-state index contributed by atoms with van der Waals surface area (Å²) in [6.07, 6.45) is 13.6. The maximum Gasteiger partial charge on any atom is 0.0461 e. The van der Waals surface area contributed by atoms with Crippen molar-refractivity contribution in [3.8, 4) is 0 Å². The van der Waals surface area contributed by atoms with E-state index >= 15 is 0 Å². The highest BCUT2D eigenvalue weighted by atomic mass is 15.1. The van der Waals surface area contributed by atoms with E-state index in [1.807, 2.05) is 0 Å². The zero-order chi connectivity index (χ0) is 36.8. The lowest BCUT2D eigenvalue weighted by Crippen LogP contribution is -2.48. The summed E-state index contributed by atoms with van der Waals surface area (Å²) in [5, 5.41) is 0. The summed E-state index contributed by atoms with van der Waals surface area (Å²) in [4.78, 5) is 4.82. The van der Waals surface area contributed by atoms with Gasteiger partial charge in [-0.2, -0.15) is 0 Å². The first kappa shape index (κ1) is 34.4. The highest BCUT2D eigenvalue weighted by molar-refractivity contribution is 5.78. The molecule has 0 spiro atoms. The summed E-state index contributed by atoms with van der Waals surface area (Å²) in [6.45, 7) is 2.45. The molecule has 0 saturated heterocycles. The molecule has 5 aliphatic rings. The van der Waals surface area contributed by atoms with Gasteiger partial charge in [0.1, 0.15) is 0 Å². The summed E-state index contributed by atoms with van der Waals surface area (Å²) in [5.41, 5.74) is 12.0. The van der Waals surface area contributed by atoms with Crippen LogP contribution in [0.5, 0.6) is 0 Å². The van der Waals surface area contributed by atoms with Crippen molar-refractivity contribution < 1.29 is 0 Å². The highest BCUT2D eigenvalue weighted by Crippen LogP contribution is 2.61. The molecule has 276 valence electrons. The van der Waals surface area contributed by atoms with Crippen LogP contribution >= 0.6 is 0 Å². The molecule has 5 aliphatic carbocycles. The van der Waals surface area contributed by atoms with Crippen molar-refractivity contribution in [2.24, 2.45) is 23.7 Å². The van der Waals surface area contributed by atoms with Gasteiger partial charge >= 0.3 is 0 Å². The summed E-state index contributed by atoms with van der Waals surface area (Å²) in [7, 11) is 0. The van der Waals surface area contributed by atoms with Gasteiger partial charge in [0, 0.05) is 39.5 Å². The normalized spacial score (nSPS) is 26.8. The first-order chi connectivity index (χ1) is 27.1. The molecular formula is C53H54N2. The van der Waals surface area contributed by atoms with Gasteiger partial charge in [-0.3, -0.25) is 0 Å². The highest BCUT2D eigenvalue weighted by Gasteiger charge is 2.51. The lowest BCUT2D eigenvalue weighted by atomic mass is 9.48. The van der Waals surface area contributed by atoms with E-state index in [1.54, 1.807) is 5.56 Å². The number of para-hydroxylation sites is 3. The number of hydrogen-bond acceptors (Lipinski definition) is 2. The van der Waals surface area contributed by atoms with Crippen molar-refractivity contribution in [1.82, 2.24) is 0 Å². The largest absolute Gasteiger partial charge is 0.311 e. The average molecular weight is 719 g/mol. The summed E-state index contributed by atoms with van der Waals surface area (Å²) >= 11 is 0. The monoisotopic (exact) mass is 718 g/mol. The van der Waals surface area contributed by atoms with Crippen LogP contribution in [0.2, 0.25) is 0 Å². The molecule has 2 atom stereocenters. The summed E-state index contributed by atoms with van der Waals surface area (Å²) in [6, 6.07) is 61.4. The van der Waals surface area contributed by atoms with Crippen molar-refractivity contribution >= 4 is 34.1 Å². The number of rotatable bonds is 9. The molecular weight excluding hydrogens is 665 g/mol. The Kier molecular flexibility index (Phi) is 8.89. The zero-order valence-electron chi connectivity index (χ0n) is 32.4. The lowest BCUT2D eigenvalue weighted by Gasteiger charge is -2.57. The predicted molar refractivity (Wildman–Crippen MR) is 231 cm³/mol. The molecule has 2 nitrogen and oxygen atoms in total. The first-order valence-electron chi connectivity index (χ1n) is 21.1. The van der Waals surface area contributed by atoms with Gasteiger partial charge in [-0.25, -0.2) is 0 Å². The zero-order valence-corrected chi connectivity index (χ0v) is 32.4. The lowest BCUT2D eigenvalue weighted by molar-refractivity contribution is -0.00518. The van der Waals surface area contributed by atoms with E-state index in [2.05, 4.69) is 181 Å². The van der Waals surface area contributed by atoms with Crippen molar-refractivity contribution in [3.63, 3.8) is 0 Å². The quantitative estimate of drug-likeness (QED) is 0.147. The van der Waals surface area contributed by atoms with Crippen LogP contribution in [0.4, 0.5) is 34.1 Å². The van der Waals surface area contributed by atoms with Gasteiger partial charge in [0.25, 0.3) is 0 Å². The van der Waals surface area contributed by atoms with Gasteiger partial charge in [0.05, 0.1) is 0 Å². The third kappa shape index (κ3) is 6.38. The van der Waals surface area contributed by atoms with Crippen LogP contribution in [0.25, 0.3) is 0 Å². The molecule has 55 heavy (non-hydrogen) atoms. The van der Waals surface area contributed by atoms with Crippen molar-refractivity contribution in [3.05, 3.63) is 180 Å². The van der Waals surface area contributed by atoms with Crippen LogP contribution in [0.3, 0.4) is 0 Å². The Morgan fingerprint density at radius 1 is 0.400 bits per heavy atom. The van der Waals surface area contributed by atoms with Gasteiger partial charge < -0.3 is 9.80 Å². The van der Waals surface area contributed by atoms with Crippen molar-refractivity contribution in [2.45, 2.75) is 82.0 Å². The van der Waals surface area contributed by atoms with E-state index in [0.29, 0.717) is 11.3 Å². The molecule has 0 radical (unpaired) electrons. The second kappa shape index (κ2) is 14.2. The Hall–Kier alpha value is -5.08. The van der Waals surface area contributed by atoms with Crippen LogP contribution in [0.15, 0.2) is 164 Å². The molecule has 0 amide bonds. The predicted octanol–water partition coefficient (Wildman–Crippen LogP) is 14.6. The van der Waals surface area contributed by atoms with Crippen LogP contribution in [-0.2, 0) is 10.8 Å². The SMILES string of the molecule is CC1CCCC(c2ccc(N(c3ccccc3)c3ccccc3)cc2)(c2ccc(N(c3ccccc3)c3ccc(C45CC6CC(CC(C6)C4)C5)cc3)cc2)C1. The van der Waals surface area contributed by atoms with Gasteiger partial charge in [0.2, 0.25) is 0 Å². The molecule has 6 aromatic carbocycles. The third-order valence-electron chi connectivity index (χ3n) is 14.2. The minimum atomic E-state index is -0.0177. The third-order valence-corrected chi connectivity index (χ3v) is 14.2. The molecule has 5 fully saturated rings. The Morgan fingerprint density at radius 3 is 1.11 bits per heavy atom. The van der Waals surface area contributed by atoms with Crippen LogP contribution in [0, 0.1) is 23.7 Å². The molecule has 0 aliphatic heterocycles. The molecule has 0 N–H and O–H groups in total. The molecule has 4 bridgehead atoms. The van der Waals surface area contributed by atoms with E-state index in [4.69, 9.17) is 0 Å². The molecule has 2 unspecified atom stereocenters. The molecule has 5 saturated carbocycles. The maximum atomic E-state index is 2.49. The Bertz CT molecular complexity index is 2120. The van der Waals surface area contributed by atoms with E-state index in [1.165, 1.54) is 109 Å². The first-order valence-corrected chi connectivity index (χ1v) is 21.1. The number of nitrogens with zero attached hydrogens (tertiary/aromatic N) is 2. The number of anilines is 6. The van der Waals surface area contributed by atoms with Crippen molar-refractivity contribution in [1.29, 1.82) is 0 Å².